The van der Waals surface area contributed by atoms with Crippen LogP contribution in [-0.2, 0) is 11.8 Å². The van der Waals surface area contributed by atoms with Crippen LogP contribution in [0.5, 0.6) is 0 Å². The number of aromatic nitrogens is 2. The summed E-state index contributed by atoms with van der Waals surface area (Å²) >= 11 is 0. The first-order valence-corrected chi connectivity index (χ1v) is 9.03. The summed E-state index contributed by atoms with van der Waals surface area (Å²) in [6.07, 6.45) is 2.31. The van der Waals surface area contributed by atoms with E-state index in [0.29, 0.717) is 12.2 Å². The first-order valence-electron chi connectivity index (χ1n) is 9.03. The summed E-state index contributed by atoms with van der Waals surface area (Å²) in [5.41, 5.74) is 2.78. The molecule has 1 N–H and O–H groups in total. The van der Waals surface area contributed by atoms with Gasteiger partial charge in [-0.15, -0.1) is 0 Å². The summed E-state index contributed by atoms with van der Waals surface area (Å²) in [7, 11) is 0. The molecule has 1 fully saturated rings. The molecule has 0 spiro atoms. The highest BCUT2D eigenvalue weighted by Gasteiger charge is 2.52. The molecule has 1 aromatic heterocycles. The van der Waals surface area contributed by atoms with Gasteiger partial charge in [-0.2, -0.15) is 5.26 Å². The van der Waals surface area contributed by atoms with Crippen LogP contribution in [-0.4, -0.2) is 27.5 Å². The molecule has 2 aliphatic rings. The van der Waals surface area contributed by atoms with Crippen molar-refractivity contribution in [3.8, 4) is 6.07 Å². The molecular weight excluding hydrogens is 342 g/mol. The lowest BCUT2D eigenvalue weighted by Gasteiger charge is -2.43. The topological polar surface area (TPSA) is 98.8 Å². The predicted octanol–water partition coefficient (Wildman–Crippen LogP) is 3.46. The number of nitro benzene ring substituents is 1. The van der Waals surface area contributed by atoms with Gasteiger partial charge in [0.15, 0.2) is 0 Å². The number of hydrogen-bond acceptors (Lipinski definition) is 5. The highest BCUT2D eigenvalue weighted by atomic mass is 16.6. The fourth-order valence-electron chi connectivity index (χ4n) is 4.67. The maximum Gasteiger partial charge on any atom is 0.269 e. The van der Waals surface area contributed by atoms with E-state index in [2.05, 4.69) is 16.0 Å². The molecule has 7 nitrogen and oxygen atoms in total. The van der Waals surface area contributed by atoms with Crippen molar-refractivity contribution in [1.82, 2.24) is 9.97 Å². The van der Waals surface area contributed by atoms with Gasteiger partial charge in [0.2, 0.25) is 0 Å². The molecule has 7 heteroatoms. The van der Waals surface area contributed by atoms with Crippen LogP contribution in [0.3, 0.4) is 0 Å². The smallest absolute Gasteiger partial charge is 0.269 e. The number of anilines is 1. The number of benzene rings is 2. The number of fused-ring (bicyclic) bond motifs is 4. The Morgan fingerprint density at radius 2 is 2.19 bits per heavy atom. The Kier molecular flexibility index (Phi) is 3.25. The fourth-order valence-corrected chi connectivity index (χ4v) is 4.67. The number of aromatic amines is 1. The number of nitro groups is 1. The first kappa shape index (κ1) is 15.8. The third-order valence-electron chi connectivity index (χ3n) is 5.89. The molecular formula is C20H17N5O2. The number of non-ortho nitro benzene ring substituents is 1. The van der Waals surface area contributed by atoms with E-state index in [1.54, 1.807) is 12.1 Å². The van der Waals surface area contributed by atoms with E-state index >= 15 is 0 Å². The van der Waals surface area contributed by atoms with Crippen molar-refractivity contribution in [2.45, 2.75) is 30.7 Å². The van der Waals surface area contributed by atoms with Gasteiger partial charge in [-0.3, -0.25) is 10.1 Å². The van der Waals surface area contributed by atoms with E-state index in [0.717, 1.165) is 41.7 Å². The van der Waals surface area contributed by atoms with Gasteiger partial charge < -0.3 is 9.88 Å². The van der Waals surface area contributed by atoms with Crippen LogP contribution in [0.15, 0.2) is 42.5 Å². The normalized spacial score (nSPS) is 23.7. The fraction of sp³-hybridized carbons (Fsp3) is 0.300. The minimum absolute atomic E-state index is 0.0111. The van der Waals surface area contributed by atoms with Crippen molar-refractivity contribution in [1.29, 1.82) is 5.26 Å². The maximum absolute atomic E-state index is 11.2. The van der Waals surface area contributed by atoms with Gasteiger partial charge in [0.25, 0.3) is 5.69 Å². The van der Waals surface area contributed by atoms with Crippen LogP contribution in [0.25, 0.3) is 11.0 Å². The van der Waals surface area contributed by atoms with Crippen LogP contribution >= 0.6 is 0 Å². The number of nitrogens with one attached hydrogen (secondary N) is 1. The minimum atomic E-state index is -0.849. The molecule has 3 aromatic rings. The zero-order valence-corrected chi connectivity index (χ0v) is 14.6. The molecule has 27 heavy (non-hydrogen) atoms. The Bertz CT molecular complexity index is 1080. The molecule has 0 amide bonds. The van der Waals surface area contributed by atoms with Crippen molar-refractivity contribution in [2.24, 2.45) is 0 Å². The zero-order chi connectivity index (χ0) is 18.6. The van der Waals surface area contributed by atoms with Gasteiger partial charge in [-0.25, -0.2) is 4.98 Å². The van der Waals surface area contributed by atoms with Gasteiger partial charge >= 0.3 is 0 Å². The number of hydrogen-bond donors (Lipinski definition) is 1. The lowest BCUT2D eigenvalue weighted by atomic mass is 9.71. The standard InChI is InChI=1S/C20H17N5O2/c21-12-20(19-22-15-4-1-2-5-16(15)23-19)11-13-10-14(25(26)27)7-8-17(13)24-9-3-6-18(20)24/h1-2,4-5,7-8,10,18H,3,6,9,11H2,(H,22,23)/t18-,20-/m0/s1. The van der Waals surface area contributed by atoms with Crippen LogP contribution in [0.2, 0.25) is 0 Å². The van der Waals surface area contributed by atoms with E-state index in [1.807, 2.05) is 30.3 Å². The molecule has 0 radical (unpaired) electrons. The summed E-state index contributed by atoms with van der Waals surface area (Å²) in [6.45, 7) is 0.846. The van der Waals surface area contributed by atoms with E-state index < -0.39 is 5.41 Å². The number of rotatable bonds is 2. The van der Waals surface area contributed by atoms with Crippen molar-refractivity contribution >= 4 is 22.4 Å². The molecule has 5 rings (SSSR count). The average Bonchev–Trinajstić information content (AvgIpc) is 3.34. The van der Waals surface area contributed by atoms with Crippen molar-refractivity contribution in [3.63, 3.8) is 0 Å². The second-order valence-electron chi connectivity index (χ2n) is 7.28. The third kappa shape index (κ3) is 2.16. The molecule has 3 heterocycles. The zero-order valence-electron chi connectivity index (χ0n) is 14.6. The van der Waals surface area contributed by atoms with Gasteiger partial charge in [-0.1, -0.05) is 12.1 Å². The molecule has 2 aliphatic heterocycles. The van der Waals surface area contributed by atoms with E-state index in [4.69, 9.17) is 4.98 Å². The van der Waals surface area contributed by atoms with Crippen molar-refractivity contribution < 1.29 is 4.92 Å². The number of H-pyrrole nitrogens is 1. The number of imidazole rings is 1. The number of nitrogens with zero attached hydrogens (tertiary/aromatic N) is 4. The van der Waals surface area contributed by atoms with E-state index in [9.17, 15) is 15.4 Å². The van der Waals surface area contributed by atoms with Gasteiger partial charge in [0.1, 0.15) is 11.2 Å². The third-order valence-corrected chi connectivity index (χ3v) is 5.89. The molecule has 1 saturated heterocycles. The second kappa shape index (κ2) is 5.55. The summed E-state index contributed by atoms with van der Waals surface area (Å²) in [4.78, 5) is 21.2. The molecule has 2 aromatic carbocycles. The highest BCUT2D eigenvalue weighted by molar-refractivity contribution is 5.76. The lowest BCUT2D eigenvalue weighted by molar-refractivity contribution is -0.384. The van der Waals surface area contributed by atoms with Crippen LogP contribution < -0.4 is 4.90 Å². The maximum atomic E-state index is 11.2. The summed E-state index contributed by atoms with van der Waals surface area (Å²) in [6, 6.07) is 15.3. The van der Waals surface area contributed by atoms with Crippen LogP contribution in [0.4, 0.5) is 11.4 Å². The average molecular weight is 359 g/mol. The van der Waals surface area contributed by atoms with Gasteiger partial charge in [0.05, 0.1) is 28.1 Å². The Balaban J connectivity index is 1.71. The molecule has 2 atom stereocenters. The highest BCUT2D eigenvalue weighted by Crippen LogP contribution is 2.47. The molecule has 134 valence electrons. The Morgan fingerprint density at radius 1 is 1.33 bits per heavy atom. The van der Waals surface area contributed by atoms with E-state index in [1.165, 1.54) is 0 Å². The summed E-state index contributed by atoms with van der Waals surface area (Å²) < 4.78 is 0. The second-order valence-corrected chi connectivity index (χ2v) is 7.28. The van der Waals surface area contributed by atoms with Crippen LogP contribution in [0.1, 0.15) is 24.2 Å². The van der Waals surface area contributed by atoms with Crippen molar-refractivity contribution in [3.05, 3.63) is 64.0 Å². The summed E-state index contributed by atoms with van der Waals surface area (Å²) in [5.74, 6) is 0.653. The van der Waals surface area contributed by atoms with Gasteiger partial charge in [-0.05, 0) is 36.6 Å². The predicted molar refractivity (Wildman–Crippen MR) is 101 cm³/mol. The number of nitriles is 1. The van der Waals surface area contributed by atoms with Crippen LogP contribution in [0, 0.1) is 21.4 Å². The quantitative estimate of drug-likeness (QED) is 0.558. The molecule has 0 saturated carbocycles. The summed E-state index contributed by atoms with van der Waals surface area (Å²) in [5, 5.41) is 21.5. The Labute approximate surface area is 155 Å². The lowest BCUT2D eigenvalue weighted by Crippen LogP contribution is -2.52. The minimum Gasteiger partial charge on any atom is -0.366 e. The van der Waals surface area contributed by atoms with E-state index in [-0.39, 0.29) is 16.7 Å². The van der Waals surface area contributed by atoms with Gasteiger partial charge in [0, 0.05) is 30.8 Å². The first-order chi connectivity index (χ1) is 13.1. The largest absolute Gasteiger partial charge is 0.366 e. The van der Waals surface area contributed by atoms with Crippen molar-refractivity contribution in [2.75, 3.05) is 11.4 Å². The Hall–Kier alpha value is -3.40. The molecule has 0 bridgehead atoms. The molecule has 0 aliphatic carbocycles. The monoisotopic (exact) mass is 359 g/mol. The number of para-hydroxylation sites is 2. The Morgan fingerprint density at radius 3 is 2.96 bits per heavy atom. The SMILES string of the molecule is N#C[C@@]1(c2nc3ccccc3[nH]2)Cc2cc([N+](=O)[O-])ccc2N2CCC[C@H]21. The molecule has 0 unspecified atom stereocenters.